The van der Waals surface area contributed by atoms with Crippen molar-refractivity contribution in [2.45, 2.75) is 46.7 Å². The molecular weight excluding hydrogens is 346 g/mol. The molecule has 1 aromatic carbocycles. The summed E-state index contributed by atoms with van der Waals surface area (Å²) in [5, 5.41) is 8.17. The van der Waals surface area contributed by atoms with E-state index in [2.05, 4.69) is 34.2 Å². The minimum atomic E-state index is -0.218. The fourth-order valence-electron chi connectivity index (χ4n) is 2.73. The molecule has 0 bridgehead atoms. The number of aryl methyl sites for hydroxylation is 3. The molecule has 0 radical (unpaired) electrons. The summed E-state index contributed by atoms with van der Waals surface area (Å²) in [7, 11) is 0. The molecule has 6 nitrogen and oxygen atoms in total. The Bertz CT molecular complexity index is 895. The van der Waals surface area contributed by atoms with Gasteiger partial charge in [0.15, 0.2) is 0 Å². The molecule has 2 aromatic heterocycles. The zero-order valence-corrected chi connectivity index (χ0v) is 16.3. The summed E-state index contributed by atoms with van der Waals surface area (Å²) in [4.78, 5) is 22.8. The topological polar surface area (TPSA) is 72.7 Å². The summed E-state index contributed by atoms with van der Waals surface area (Å²) < 4.78 is 1.84. The predicted octanol–water partition coefficient (Wildman–Crippen LogP) is 3.92. The first-order valence-electron chi connectivity index (χ1n) is 8.72. The van der Waals surface area contributed by atoms with Gasteiger partial charge in [-0.2, -0.15) is 5.10 Å². The highest BCUT2D eigenvalue weighted by Crippen LogP contribution is 2.27. The number of amides is 1. The van der Waals surface area contributed by atoms with Crippen LogP contribution in [-0.2, 0) is 6.54 Å². The van der Waals surface area contributed by atoms with Crippen molar-refractivity contribution in [1.82, 2.24) is 25.1 Å². The first-order chi connectivity index (χ1) is 12.5. The monoisotopic (exact) mass is 369 g/mol. The Morgan fingerprint density at radius 2 is 2.15 bits per heavy atom. The molecule has 0 spiro atoms. The quantitative estimate of drug-likeness (QED) is 0.715. The molecule has 3 rings (SSSR count). The second-order valence-electron chi connectivity index (χ2n) is 6.28. The van der Waals surface area contributed by atoms with Gasteiger partial charge in [-0.15, -0.1) is 11.3 Å². The Hall–Kier alpha value is -2.54. The van der Waals surface area contributed by atoms with Crippen LogP contribution in [0.5, 0.6) is 0 Å². The van der Waals surface area contributed by atoms with Crippen molar-refractivity contribution in [3.05, 3.63) is 52.6 Å². The highest BCUT2D eigenvalue weighted by molar-refractivity contribution is 7.15. The van der Waals surface area contributed by atoms with E-state index in [1.807, 2.05) is 42.8 Å². The van der Waals surface area contributed by atoms with E-state index in [-0.39, 0.29) is 11.9 Å². The lowest BCUT2D eigenvalue weighted by atomic mass is 10.1. The van der Waals surface area contributed by atoms with Crippen LogP contribution in [0, 0.1) is 13.8 Å². The predicted molar refractivity (Wildman–Crippen MR) is 103 cm³/mol. The Labute approximate surface area is 157 Å². The van der Waals surface area contributed by atoms with Crippen LogP contribution in [0.3, 0.4) is 0 Å². The maximum atomic E-state index is 12.7. The number of hydrogen-bond acceptors (Lipinski definition) is 5. The third-order valence-corrected chi connectivity index (χ3v) is 5.34. The van der Waals surface area contributed by atoms with Crippen molar-refractivity contribution in [3.8, 4) is 10.6 Å². The molecule has 0 aliphatic carbocycles. The van der Waals surface area contributed by atoms with E-state index in [0.717, 1.165) is 35.1 Å². The summed E-state index contributed by atoms with van der Waals surface area (Å²) in [6.45, 7) is 8.85. The molecule has 0 saturated carbocycles. The second kappa shape index (κ2) is 7.78. The largest absolute Gasteiger partial charge is 0.342 e. The average molecular weight is 369 g/mol. The lowest BCUT2D eigenvalue weighted by molar-refractivity contribution is 0.0937. The normalized spacial score (nSPS) is 12.2. The van der Waals surface area contributed by atoms with Crippen LogP contribution in [0.25, 0.3) is 10.6 Å². The van der Waals surface area contributed by atoms with Gasteiger partial charge in [0.25, 0.3) is 5.91 Å². The van der Waals surface area contributed by atoms with Crippen LogP contribution >= 0.6 is 11.3 Å². The third kappa shape index (κ3) is 3.83. The van der Waals surface area contributed by atoms with Crippen LogP contribution < -0.4 is 5.32 Å². The summed E-state index contributed by atoms with van der Waals surface area (Å²) in [6, 6.07) is 7.35. The number of carbonyl (C=O) groups excluding carboxylic acids is 1. The van der Waals surface area contributed by atoms with Crippen LogP contribution in [0.1, 0.15) is 53.1 Å². The van der Waals surface area contributed by atoms with Gasteiger partial charge >= 0.3 is 0 Å². The molecule has 136 valence electrons. The van der Waals surface area contributed by atoms with E-state index in [1.165, 1.54) is 11.2 Å². The van der Waals surface area contributed by atoms with Crippen molar-refractivity contribution in [2.24, 2.45) is 0 Å². The third-order valence-electron chi connectivity index (χ3n) is 4.22. The standard InChI is InChI=1S/C19H23N5OS/c1-5-9-24-17(20-11-21-24)13(3)22-18(25)15-7-6-8-16(10-15)19-23-12(2)14(4)26-19/h6-8,10-11,13H,5,9H2,1-4H3,(H,22,25)/t13-/m1/s1. The number of aromatic nitrogens is 4. The Morgan fingerprint density at radius 3 is 2.85 bits per heavy atom. The molecular formula is C19H23N5OS. The lowest BCUT2D eigenvalue weighted by Gasteiger charge is -2.14. The van der Waals surface area contributed by atoms with Crippen molar-refractivity contribution in [2.75, 3.05) is 0 Å². The van der Waals surface area contributed by atoms with Crippen molar-refractivity contribution in [1.29, 1.82) is 0 Å². The minimum absolute atomic E-state index is 0.129. The molecule has 1 N–H and O–H groups in total. The van der Waals surface area contributed by atoms with Gasteiger partial charge in [0.2, 0.25) is 0 Å². The molecule has 0 saturated heterocycles. The van der Waals surface area contributed by atoms with Gasteiger partial charge in [0, 0.05) is 22.5 Å². The zero-order valence-electron chi connectivity index (χ0n) is 15.5. The van der Waals surface area contributed by atoms with Gasteiger partial charge < -0.3 is 5.32 Å². The SMILES string of the molecule is CCCn1ncnc1[C@@H](C)NC(=O)c1cccc(-c2nc(C)c(C)s2)c1. The van der Waals surface area contributed by atoms with Gasteiger partial charge in [0.1, 0.15) is 17.2 Å². The first-order valence-corrected chi connectivity index (χ1v) is 9.54. The van der Waals surface area contributed by atoms with Crippen LogP contribution in [0.15, 0.2) is 30.6 Å². The van der Waals surface area contributed by atoms with Gasteiger partial charge in [-0.1, -0.05) is 19.1 Å². The summed E-state index contributed by atoms with van der Waals surface area (Å²) in [6.07, 6.45) is 2.49. The fourth-order valence-corrected chi connectivity index (χ4v) is 3.64. The van der Waals surface area contributed by atoms with Crippen LogP contribution in [0.2, 0.25) is 0 Å². The number of nitrogens with one attached hydrogen (secondary N) is 1. The van der Waals surface area contributed by atoms with Crippen molar-refractivity contribution >= 4 is 17.2 Å². The van der Waals surface area contributed by atoms with Gasteiger partial charge in [-0.3, -0.25) is 4.79 Å². The van der Waals surface area contributed by atoms with Crippen molar-refractivity contribution in [3.63, 3.8) is 0 Å². The number of carbonyl (C=O) groups is 1. The molecule has 1 atom stereocenters. The number of nitrogens with zero attached hydrogens (tertiary/aromatic N) is 4. The second-order valence-corrected chi connectivity index (χ2v) is 7.48. The average Bonchev–Trinajstić information content (AvgIpc) is 3.22. The molecule has 7 heteroatoms. The zero-order chi connectivity index (χ0) is 18.7. The van der Waals surface area contributed by atoms with E-state index in [4.69, 9.17) is 0 Å². The molecule has 0 aliphatic rings. The van der Waals surface area contributed by atoms with Gasteiger partial charge in [0.05, 0.1) is 11.7 Å². The molecule has 0 fully saturated rings. The van der Waals surface area contributed by atoms with Gasteiger partial charge in [-0.25, -0.2) is 14.6 Å². The summed E-state index contributed by atoms with van der Waals surface area (Å²) >= 11 is 1.64. The number of hydrogen-bond donors (Lipinski definition) is 1. The van der Waals surface area contributed by atoms with Gasteiger partial charge in [-0.05, 0) is 39.3 Å². The summed E-state index contributed by atoms with van der Waals surface area (Å²) in [5.41, 5.74) is 2.60. The van der Waals surface area contributed by atoms with E-state index in [1.54, 1.807) is 11.3 Å². The molecule has 1 amide bonds. The first kappa shape index (κ1) is 18.3. The van der Waals surface area contributed by atoms with E-state index in [0.29, 0.717) is 5.56 Å². The minimum Gasteiger partial charge on any atom is -0.342 e. The van der Waals surface area contributed by atoms with Crippen LogP contribution in [-0.4, -0.2) is 25.7 Å². The van der Waals surface area contributed by atoms with Crippen molar-refractivity contribution < 1.29 is 4.79 Å². The Kier molecular flexibility index (Phi) is 5.46. The van der Waals surface area contributed by atoms with Crippen LogP contribution in [0.4, 0.5) is 0 Å². The molecule has 26 heavy (non-hydrogen) atoms. The highest BCUT2D eigenvalue weighted by atomic mass is 32.1. The Morgan fingerprint density at radius 1 is 1.35 bits per heavy atom. The molecule has 0 aliphatic heterocycles. The number of rotatable bonds is 6. The maximum Gasteiger partial charge on any atom is 0.251 e. The van der Waals surface area contributed by atoms with E-state index in [9.17, 15) is 4.79 Å². The summed E-state index contributed by atoms with van der Waals surface area (Å²) in [5.74, 6) is 0.637. The number of benzene rings is 1. The molecule has 3 aromatic rings. The molecule has 0 unspecified atom stereocenters. The Balaban J connectivity index is 1.77. The highest BCUT2D eigenvalue weighted by Gasteiger charge is 2.17. The fraction of sp³-hybridized carbons (Fsp3) is 0.368. The smallest absolute Gasteiger partial charge is 0.251 e. The lowest BCUT2D eigenvalue weighted by Crippen LogP contribution is -2.29. The maximum absolute atomic E-state index is 12.7. The van der Waals surface area contributed by atoms with E-state index >= 15 is 0 Å². The number of thiazole rings is 1. The van der Waals surface area contributed by atoms with E-state index < -0.39 is 0 Å². The molecule has 2 heterocycles.